The van der Waals surface area contributed by atoms with E-state index in [0.717, 1.165) is 25.1 Å². The third-order valence-electron chi connectivity index (χ3n) is 6.25. The number of benzene rings is 2. The third-order valence-corrected chi connectivity index (χ3v) is 6.25. The largest absolute Gasteiger partial charge is 0.493 e. The summed E-state index contributed by atoms with van der Waals surface area (Å²) in [7, 11) is 0. The molecule has 2 heterocycles. The number of hydrogen-bond acceptors (Lipinski definition) is 3. The van der Waals surface area contributed by atoms with E-state index in [1.54, 1.807) is 0 Å². The number of fused-ring (bicyclic) bond motifs is 1. The van der Waals surface area contributed by atoms with Crippen molar-refractivity contribution in [2.45, 2.75) is 45.2 Å². The summed E-state index contributed by atoms with van der Waals surface area (Å²) in [5.74, 6) is 0.884. The molecular weight excluding hydrogens is 367 g/mol. The van der Waals surface area contributed by atoms with E-state index in [0.29, 0.717) is 36.4 Å². The van der Waals surface area contributed by atoms with Crippen LogP contribution in [0.5, 0.6) is 5.75 Å². The molecule has 0 saturated carbocycles. The molecule has 2 aliphatic heterocycles. The van der Waals surface area contributed by atoms with Crippen molar-refractivity contribution in [3.63, 3.8) is 0 Å². The van der Waals surface area contributed by atoms with E-state index in [-0.39, 0.29) is 17.3 Å². The van der Waals surface area contributed by atoms with Crippen molar-refractivity contribution in [1.82, 2.24) is 4.90 Å². The summed E-state index contributed by atoms with van der Waals surface area (Å²) >= 11 is 0. The van der Waals surface area contributed by atoms with Gasteiger partial charge in [-0.05, 0) is 75.9 Å². The maximum absolute atomic E-state index is 13.4. The van der Waals surface area contributed by atoms with Crippen LogP contribution in [-0.4, -0.2) is 42.1 Å². The molecule has 0 unspecified atom stereocenters. The molecule has 5 heteroatoms. The van der Waals surface area contributed by atoms with Crippen LogP contribution >= 0.6 is 0 Å². The van der Waals surface area contributed by atoms with Crippen molar-refractivity contribution in [1.29, 1.82) is 0 Å². The Labute approximate surface area is 172 Å². The van der Waals surface area contributed by atoms with E-state index in [2.05, 4.69) is 18.7 Å². The quantitative estimate of drug-likeness (QED) is 0.748. The van der Waals surface area contributed by atoms with Crippen molar-refractivity contribution in [3.05, 3.63) is 59.9 Å². The van der Waals surface area contributed by atoms with Gasteiger partial charge in [-0.1, -0.05) is 12.1 Å². The van der Waals surface area contributed by atoms with Gasteiger partial charge in [-0.2, -0.15) is 0 Å². The lowest BCUT2D eigenvalue weighted by Gasteiger charge is -2.42. The SMILES string of the molecule is CCOc1ccccc1C(=O)N1CC[C@H]2[C@@H](C1)CC(C)(C)N2c1ccc(F)cc1. The van der Waals surface area contributed by atoms with Crippen molar-refractivity contribution in [2.75, 3.05) is 24.6 Å². The highest BCUT2D eigenvalue weighted by atomic mass is 19.1. The van der Waals surface area contributed by atoms with Crippen LogP contribution < -0.4 is 9.64 Å². The predicted octanol–water partition coefficient (Wildman–Crippen LogP) is 4.74. The average molecular weight is 397 g/mol. The van der Waals surface area contributed by atoms with Gasteiger partial charge in [0.1, 0.15) is 11.6 Å². The Kier molecular flexibility index (Phi) is 5.24. The predicted molar refractivity (Wildman–Crippen MR) is 113 cm³/mol. The molecule has 0 N–H and O–H groups in total. The maximum Gasteiger partial charge on any atom is 0.257 e. The molecule has 2 atom stereocenters. The Morgan fingerprint density at radius 2 is 1.90 bits per heavy atom. The number of carbonyl (C=O) groups is 1. The number of ether oxygens (including phenoxy) is 1. The maximum atomic E-state index is 13.4. The molecular formula is C24H29FN2O2. The van der Waals surface area contributed by atoms with E-state index in [4.69, 9.17) is 4.74 Å². The zero-order valence-electron chi connectivity index (χ0n) is 17.4. The standard InChI is InChI=1S/C24H29FN2O2/c1-4-29-22-8-6-5-7-20(22)23(28)26-14-13-21-17(16-26)15-24(2,3)27(21)19-11-9-18(25)10-12-19/h5-12,17,21H,4,13-16H2,1-3H3/t17-,21+/m1/s1. The minimum atomic E-state index is -0.212. The van der Waals surface area contributed by atoms with Gasteiger partial charge >= 0.3 is 0 Å². The highest BCUT2D eigenvalue weighted by Gasteiger charge is 2.48. The highest BCUT2D eigenvalue weighted by Crippen LogP contribution is 2.44. The zero-order chi connectivity index (χ0) is 20.6. The minimum Gasteiger partial charge on any atom is -0.493 e. The van der Waals surface area contributed by atoms with E-state index in [9.17, 15) is 9.18 Å². The van der Waals surface area contributed by atoms with Crippen molar-refractivity contribution in [3.8, 4) is 5.75 Å². The van der Waals surface area contributed by atoms with Gasteiger partial charge in [0.05, 0.1) is 12.2 Å². The number of para-hydroxylation sites is 1. The number of amides is 1. The summed E-state index contributed by atoms with van der Waals surface area (Å²) in [4.78, 5) is 17.6. The first-order chi connectivity index (χ1) is 13.9. The average Bonchev–Trinajstić information content (AvgIpc) is 2.98. The second-order valence-corrected chi connectivity index (χ2v) is 8.66. The third kappa shape index (κ3) is 3.70. The molecule has 0 radical (unpaired) electrons. The summed E-state index contributed by atoms with van der Waals surface area (Å²) in [6.45, 7) is 8.41. The lowest BCUT2D eigenvalue weighted by molar-refractivity contribution is 0.0663. The fraction of sp³-hybridized carbons (Fsp3) is 0.458. The second-order valence-electron chi connectivity index (χ2n) is 8.66. The van der Waals surface area contributed by atoms with E-state index in [1.807, 2.05) is 48.2 Å². The molecule has 2 aliphatic rings. The van der Waals surface area contributed by atoms with Gasteiger partial charge in [0.2, 0.25) is 0 Å². The Balaban J connectivity index is 1.54. The number of piperidine rings is 1. The molecule has 0 aromatic heterocycles. The number of anilines is 1. The minimum absolute atomic E-state index is 0.0323. The molecule has 2 saturated heterocycles. The van der Waals surface area contributed by atoms with Gasteiger partial charge in [-0.25, -0.2) is 4.39 Å². The zero-order valence-corrected chi connectivity index (χ0v) is 17.4. The fourth-order valence-electron chi connectivity index (χ4n) is 5.17. The topological polar surface area (TPSA) is 32.8 Å². The summed E-state index contributed by atoms with van der Waals surface area (Å²) in [6, 6.07) is 14.7. The monoisotopic (exact) mass is 396 g/mol. The molecule has 2 aromatic carbocycles. The number of likely N-dealkylation sites (tertiary alicyclic amines) is 1. The first kappa shape index (κ1) is 19.7. The van der Waals surface area contributed by atoms with Crippen LogP contribution in [0.3, 0.4) is 0 Å². The normalized spacial score (nSPS) is 23.0. The Bertz CT molecular complexity index is 881. The first-order valence-corrected chi connectivity index (χ1v) is 10.5. The van der Waals surface area contributed by atoms with Gasteiger partial charge in [0, 0.05) is 30.4 Å². The Morgan fingerprint density at radius 1 is 1.17 bits per heavy atom. The van der Waals surface area contributed by atoms with Crippen LogP contribution in [0.2, 0.25) is 0 Å². The number of hydrogen-bond donors (Lipinski definition) is 0. The van der Waals surface area contributed by atoms with E-state index >= 15 is 0 Å². The number of nitrogens with zero attached hydrogens (tertiary/aromatic N) is 2. The Morgan fingerprint density at radius 3 is 2.62 bits per heavy atom. The van der Waals surface area contributed by atoms with Crippen molar-refractivity contribution < 1.29 is 13.9 Å². The van der Waals surface area contributed by atoms with Gasteiger partial charge in [0.15, 0.2) is 0 Å². The summed E-state index contributed by atoms with van der Waals surface area (Å²) in [5, 5.41) is 0. The molecule has 2 aromatic rings. The van der Waals surface area contributed by atoms with Crippen LogP contribution in [0.1, 0.15) is 44.0 Å². The van der Waals surface area contributed by atoms with E-state index < -0.39 is 0 Å². The highest BCUT2D eigenvalue weighted by molar-refractivity contribution is 5.97. The van der Waals surface area contributed by atoms with Crippen LogP contribution in [0, 0.1) is 11.7 Å². The molecule has 4 rings (SSSR count). The molecule has 0 aliphatic carbocycles. The summed E-state index contributed by atoms with van der Waals surface area (Å²) < 4.78 is 19.1. The number of halogens is 1. The van der Waals surface area contributed by atoms with Gasteiger partial charge in [0.25, 0.3) is 5.91 Å². The first-order valence-electron chi connectivity index (χ1n) is 10.5. The molecule has 29 heavy (non-hydrogen) atoms. The second kappa shape index (κ2) is 7.69. The molecule has 2 fully saturated rings. The number of carbonyl (C=O) groups excluding carboxylic acids is 1. The van der Waals surface area contributed by atoms with Crippen molar-refractivity contribution in [2.24, 2.45) is 5.92 Å². The lowest BCUT2D eigenvalue weighted by atomic mass is 9.89. The van der Waals surface area contributed by atoms with Gasteiger partial charge in [-0.3, -0.25) is 4.79 Å². The van der Waals surface area contributed by atoms with Crippen LogP contribution in [0.15, 0.2) is 48.5 Å². The van der Waals surface area contributed by atoms with Crippen LogP contribution in [-0.2, 0) is 0 Å². The lowest BCUT2D eigenvalue weighted by Crippen LogP contribution is -2.50. The smallest absolute Gasteiger partial charge is 0.257 e. The van der Waals surface area contributed by atoms with Gasteiger partial charge in [-0.15, -0.1) is 0 Å². The van der Waals surface area contributed by atoms with Crippen LogP contribution in [0.4, 0.5) is 10.1 Å². The Hall–Kier alpha value is -2.56. The summed E-state index contributed by atoms with van der Waals surface area (Å²) in [5.41, 5.74) is 1.67. The van der Waals surface area contributed by atoms with Crippen LogP contribution in [0.25, 0.3) is 0 Å². The fourth-order valence-corrected chi connectivity index (χ4v) is 5.17. The van der Waals surface area contributed by atoms with E-state index in [1.165, 1.54) is 12.1 Å². The van der Waals surface area contributed by atoms with Crippen molar-refractivity contribution >= 4 is 11.6 Å². The summed E-state index contributed by atoms with van der Waals surface area (Å²) in [6.07, 6.45) is 1.92. The molecule has 0 spiro atoms. The molecule has 0 bridgehead atoms. The molecule has 1 amide bonds. The molecule has 154 valence electrons. The molecule has 4 nitrogen and oxygen atoms in total. The number of rotatable bonds is 4. The van der Waals surface area contributed by atoms with Gasteiger partial charge < -0.3 is 14.5 Å².